The number of anilines is 2. The quantitative estimate of drug-likeness (QED) is 0.758. The van der Waals surface area contributed by atoms with Crippen LogP contribution in [-0.2, 0) is 14.8 Å². The van der Waals surface area contributed by atoms with Crippen molar-refractivity contribution in [1.82, 2.24) is 4.31 Å². The maximum absolute atomic E-state index is 12.4. The first-order valence-electron chi connectivity index (χ1n) is 8.36. The maximum atomic E-state index is 12.4. The highest BCUT2D eigenvalue weighted by Gasteiger charge is 2.20. The van der Waals surface area contributed by atoms with Gasteiger partial charge in [-0.1, -0.05) is 12.1 Å². The van der Waals surface area contributed by atoms with E-state index in [1.54, 1.807) is 25.1 Å². The molecule has 27 heavy (non-hydrogen) atoms. The number of hydrogen-bond acceptors (Lipinski definition) is 5. The topological polar surface area (TPSA) is 87.7 Å². The summed E-state index contributed by atoms with van der Waals surface area (Å²) in [5, 5.41) is 5.75. The highest BCUT2D eigenvalue weighted by Crippen LogP contribution is 2.25. The van der Waals surface area contributed by atoms with Crippen LogP contribution in [0.25, 0.3) is 0 Å². The summed E-state index contributed by atoms with van der Waals surface area (Å²) < 4.78 is 31.2. The molecule has 0 atom stereocenters. The smallest absolute Gasteiger partial charge is 0.243 e. The summed E-state index contributed by atoms with van der Waals surface area (Å²) in [5.74, 6) is 0.306. The fraction of sp³-hybridized carbons (Fsp3) is 0.316. The van der Waals surface area contributed by atoms with Gasteiger partial charge < -0.3 is 15.4 Å². The zero-order valence-corrected chi connectivity index (χ0v) is 17.0. The van der Waals surface area contributed by atoms with E-state index in [2.05, 4.69) is 10.6 Å². The van der Waals surface area contributed by atoms with E-state index in [-0.39, 0.29) is 17.3 Å². The van der Waals surface area contributed by atoms with Gasteiger partial charge in [0.1, 0.15) is 5.75 Å². The first-order valence-corrected chi connectivity index (χ1v) is 9.80. The van der Waals surface area contributed by atoms with E-state index in [1.165, 1.54) is 27.3 Å². The summed E-state index contributed by atoms with van der Waals surface area (Å²) in [4.78, 5) is 12.5. The van der Waals surface area contributed by atoms with Crippen molar-refractivity contribution in [1.29, 1.82) is 0 Å². The van der Waals surface area contributed by atoms with E-state index in [0.29, 0.717) is 22.7 Å². The molecule has 7 nitrogen and oxygen atoms in total. The molecule has 0 aliphatic heterocycles. The van der Waals surface area contributed by atoms with Gasteiger partial charge in [0, 0.05) is 19.8 Å². The molecular formula is C19H25N3O4S. The van der Waals surface area contributed by atoms with Crippen LogP contribution < -0.4 is 15.4 Å². The van der Waals surface area contributed by atoms with Gasteiger partial charge in [-0.05, 0) is 49.2 Å². The van der Waals surface area contributed by atoms with Gasteiger partial charge in [-0.25, -0.2) is 12.7 Å². The van der Waals surface area contributed by atoms with Crippen LogP contribution in [0.1, 0.15) is 11.1 Å². The van der Waals surface area contributed by atoms with Crippen molar-refractivity contribution in [2.24, 2.45) is 0 Å². The molecule has 2 aromatic carbocycles. The zero-order chi connectivity index (χ0) is 20.2. The van der Waals surface area contributed by atoms with Gasteiger partial charge in [0.15, 0.2) is 0 Å². The van der Waals surface area contributed by atoms with Gasteiger partial charge in [0.25, 0.3) is 0 Å². The van der Waals surface area contributed by atoms with Gasteiger partial charge >= 0.3 is 0 Å². The SMILES string of the molecule is COc1ccc(C)cc1NC(=O)CNc1ccc(C)c(S(=O)(=O)N(C)C)c1. The normalized spacial score (nSPS) is 11.3. The minimum Gasteiger partial charge on any atom is -0.495 e. The summed E-state index contributed by atoms with van der Waals surface area (Å²) in [6.07, 6.45) is 0. The molecule has 0 aromatic heterocycles. The molecule has 0 radical (unpaired) electrons. The number of carbonyl (C=O) groups is 1. The standard InChI is InChI=1S/C19H25N3O4S/c1-13-6-9-17(26-5)16(10-13)21-19(23)12-20-15-8-7-14(2)18(11-15)27(24,25)22(3)4/h6-11,20H,12H2,1-5H3,(H,21,23). The number of sulfonamides is 1. The van der Waals surface area contributed by atoms with E-state index in [9.17, 15) is 13.2 Å². The number of rotatable bonds is 7. The Morgan fingerprint density at radius 2 is 1.81 bits per heavy atom. The van der Waals surface area contributed by atoms with Gasteiger partial charge in [-0.3, -0.25) is 4.79 Å². The van der Waals surface area contributed by atoms with Gasteiger partial charge in [0.2, 0.25) is 15.9 Å². The van der Waals surface area contributed by atoms with Crippen LogP contribution in [0.3, 0.4) is 0 Å². The van der Waals surface area contributed by atoms with Crippen LogP contribution >= 0.6 is 0 Å². The largest absolute Gasteiger partial charge is 0.495 e. The lowest BCUT2D eigenvalue weighted by Gasteiger charge is -2.15. The summed E-state index contributed by atoms with van der Waals surface area (Å²) in [7, 11) is 0.952. The molecule has 2 aromatic rings. The lowest BCUT2D eigenvalue weighted by molar-refractivity contribution is -0.114. The van der Waals surface area contributed by atoms with Gasteiger partial charge in [-0.2, -0.15) is 0 Å². The predicted molar refractivity (Wildman–Crippen MR) is 107 cm³/mol. The molecule has 2 rings (SSSR count). The summed E-state index contributed by atoms with van der Waals surface area (Å²) in [5.41, 5.74) is 2.77. The Labute approximate surface area is 160 Å². The summed E-state index contributed by atoms with van der Waals surface area (Å²) in [6, 6.07) is 10.5. The molecule has 0 aliphatic carbocycles. The molecule has 8 heteroatoms. The first kappa shape index (κ1) is 20.7. The average molecular weight is 391 g/mol. The maximum Gasteiger partial charge on any atom is 0.243 e. The van der Waals surface area contributed by atoms with Crippen LogP contribution in [0.4, 0.5) is 11.4 Å². The monoisotopic (exact) mass is 391 g/mol. The van der Waals surface area contributed by atoms with Crippen LogP contribution in [0.5, 0.6) is 5.75 Å². The molecule has 146 valence electrons. The molecule has 0 bridgehead atoms. The van der Waals surface area contributed by atoms with Crippen molar-refractivity contribution in [2.45, 2.75) is 18.7 Å². The Hall–Kier alpha value is -2.58. The Morgan fingerprint density at radius 1 is 1.11 bits per heavy atom. The fourth-order valence-corrected chi connectivity index (χ4v) is 3.63. The number of carbonyl (C=O) groups excluding carboxylic acids is 1. The van der Waals surface area contributed by atoms with Crippen molar-refractivity contribution < 1.29 is 17.9 Å². The molecule has 0 unspecified atom stereocenters. The van der Waals surface area contributed by atoms with Crippen LogP contribution in [0, 0.1) is 13.8 Å². The number of nitrogens with zero attached hydrogens (tertiary/aromatic N) is 1. The van der Waals surface area contributed by atoms with Gasteiger partial charge in [0.05, 0.1) is 24.2 Å². The number of methoxy groups -OCH3 is 1. The van der Waals surface area contributed by atoms with E-state index >= 15 is 0 Å². The zero-order valence-electron chi connectivity index (χ0n) is 16.2. The molecule has 2 N–H and O–H groups in total. The lowest BCUT2D eigenvalue weighted by Crippen LogP contribution is -2.24. The number of ether oxygens (including phenoxy) is 1. The van der Waals surface area contributed by atoms with Crippen molar-refractivity contribution in [3.63, 3.8) is 0 Å². The molecule has 0 fully saturated rings. The third kappa shape index (κ3) is 4.99. The van der Waals surface area contributed by atoms with Crippen LogP contribution in [-0.4, -0.2) is 46.4 Å². The summed E-state index contributed by atoms with van der Waals surface area (Å²) >= 11 is 0. The molecule has 0 spiro atoms. The summed E-state index contributed by atoms with van der Waals surface area (Å²) in [6.45, 7) is 3.64. The predicted octanol–water partition coefficient (Wildman–Crippen LogP) is 2.61. The van der Waals surface area contributed by atoms with Crippen LogP contribution in [0.15, 0.2) is 41.3 Å². The lowest BCUT2D eigenvalue weighted by atomic mass is 10.2. The average Bonchev–Trinajstić information content (AvgIpc) is 2.61. The highest BCUT2D eigenvalue weighted by molar-refractivity contribution is 7.89. The number of amides is 1. The number of aryl methyl sites for hydroxylation is 2. The Balaban J connectivity index is 2.11. The van der Waals surface area contributed by atoms with Crippen molar-refractivity contribution in [3.05, 3.63) is 47.5 Å². The number of nitrogens with one attached hydrogen (secondary N) is 2. The molecule has 0 heterocycles. The molecule has 0 saturated heterocycles. The third-order valence-corrected chi connectivity index (χ3v) is 5.99. The molecule has 0 aliphatic rings. The van der Waals surface area contributed by atoms with E-state index in [0.717, 1.165) is 9.87 Å². The van der Waals surface area contributed by atoms with Crippen molar-refractivity contribution in [2.75, 3.05) is 38.4 Å². The highest BCUT2D eigenvalue weighted by atomic mass is 32.2. The number of hydrogen-bond donors (Lipinski definition) is 2. The van der Waals surface area contributed by atoms with Crippen LogP contribution in [0.2, 0.25) is 0 Å². The molecule has 1 amide bonds. The van der Waals surface area contributed by atoms with Crippen molar-refractivity contribution >= 4 is 27.3 Å². The van der Waals surface area contributed by atoms with E-state index in [4.69, 9.17) is 4.74 Å². The Kier molecular flexibility index (Phi) is 6.45. The van der Waals surface area contributed by atoms with E-state index < -0.39 is 10.0 Å². The van der Waals surface area contributed by atoms with Crippen molar-refractivity contribution in [3.8, 4) is 5.75 Å². The van der Waals surface area contributed by atoms with E-state index in [1.807, 2.05) is 19.1 Å². The second kappa shape index (κ2) is 8.41. The Bertz CT molecular complexity index is 940. The second-order valence-corrected chi connectivity index (χ2v) is 8.49. The minimum absolute atomic E-state index is 0.0123. The second-order valence-electron chi connectivity index (χ2n) is 6.37. The third-order valence-electron chi connectivity index (χ3n) is 4.03. The molecular weight excluding hydrogens is 366 g/mol. The Morgan fingerprint density at radius 3 is 2.44 bits per heavy atom. The minimum atomic E-state index is -3.55. The first-order chi connectivity index (χ1) is 12.6. The fourth-order valence-electron chi connectivity index (χ4n) is 2.48. The number of benzene rings is 2. The molecule has 0 saturated carbocycles. The van der Waals surface area contributed by atoms with Gasteiger partial charge in [-0.15, -0.1) is 0 Å².